The van der Waals surface area contributed by atoms with Crippen LogP contribution < -0.4 is 9.04 Å². The average Bonchev–Trinajstić information content (AvgIpc) is 2.72. The molecule has 150 valence electrons. The lowest BCUT2D eigenvalue weighted by Gasteiger charge is -2.33. The molecule has 6 nitrogen and oxygen atoms in total. The first-order valence-corrected chi connectivity index (χ1v) is 10.9. The number of benzene rings is 2. The second kappa shape index (κ2) is 8.65. The van der Waals surface area contributed by atoms with Crippen molar-refractivity contribution in [2.24, 2.45) is 5.92 Å². The Morgan fingerprint density at radius 3 is 2.50 bits per heavy atom. The summed E-state index contributed by atoms with van der Waals surface area (Å²) in [6, 6.07) is 15.0. The summed E-state index contributed by atoms with van der Waals surface area (Å²) in [5.74, 6) is 0.627. The van der Waals surface area contributed by atoms with Crippen LogP contribution in [-0.2, 0) is 14.8 Å². The van der Waals surface area contributed by atoms with Gasteiger partial charge in [0.2, 0.25) is 5.91 Å². The highest BCUT2D eigenvalue weighted by atomic mass is 32.2. The van der Waals surface area contributed by atoms with Gasteiger partial charge in [-0.15, -0.1) is 0 Å². The van der Waals surface area contributed by atoms with Gasteiger partial charge in [0.1, 0.15) is 12.3 Å². The monoisotopic (exact) mass is 402 g/mol. The number of sulfonamides is 1. The van der Waals surface area contributed by atoms with E-state index in [1.807, 2.05) is 0 Å². The number of methoxy groups -OCH3 is 1. The van der Waals surface area contributed by atoms with Crippen molar-refractivity contribution in [3.05, 3.63) is 54.6 Å². The van der Waals surface area contributed by atoms with Crippen molar-refractivity contribution in [1.82, 2.24) is 4.90 Å². The van der Waals surface area contributed by atoms with Gasteiger partial charge >= 0.3 is 0 Å². The lowest BCUT2D eigenvalue weighted by Crippen LogP contribution is -2.46. The van der Waals surface area contributed by atoms with E-state index in [1.165, 1.54) is 19.2 Å². The predicted molar refractivity (Wildman–Crippen MR) is 109 cm³/mol. The molecule has 0 aliphatic carbocycles. The van der Waals surface area contributed by atoms with Gasteiger partial charge in [-0.05, 0) is 43.0 Å². The topological polar surface area (TPSA) is 66.9 Å². The molecule has 2 aromatic rings. The zero-order chi connectivity index (χ0) is 20.1. The van der Waals surface area contributed by atoms with Gasteiger partial charge in [-0.3, -0.25) is 9.10 Å². The van der Waals surface area contributed by atoms with Crippen LogP contribution in [0.5, 0.6) is 5.75 Å². The van der Waals surface area contributed by atoms with E-state index in [1.54, 1.807) is 47.4 Å². The first-order valence-electron chi connectivity index (χ1n) is 9.42. The first-order chi connectivity index (χ1) is 13.4. The predicted octanol–water partition coefficient (Wildman–Crippen LogP) is 3.15. The van der Waals surface area contributed by atoms with E-state index in [4.69, 9.17) is 4.74 Å². The van der Waals surface area contributed by atoms with Gasteiger partial charge < -0.3 is 9.64 Å². The Bertz CT molecular complexity index is 915. The molecule has 0 saturated carbocycles. The maximum absolute atomic E-state index is 13.4. The summed E-state index contributed by atoms with van der Waals surface area (Å²) in [6.45, 7) is 3.17. The van der Waals surface area contributed by atoms with Crippen molar-refractivity contribution in [2.45, 2.75) is 24.7 Å². The molecule has 0 spiro atoms. The Balaban J connectivity index is 1.99. The van der Waals surface area contributed by atoms with Crippen molar-refractivity contribution < 1.29 is 17.9 Å². The van der Waals surface area contributed by atoms with Gasteiger partial charge in [-0.1, -0.05) is 37.3 Å². The van der Waals surface area contributed by atoms with Crippen LogP contribution in [0.2, 0.25) is 0 Å². The highest BCUT2D eigenvalue weighted by molar-refractivity contribution is 7.92. The third kappa shape index (κ3) is 4.30. The smallest absolute Gasteiger partial charge is 0.264 e. The Labute approximate surface area is 166 Å². The quantitative estimate of drug-likeness (QED) is 0.744. The van der Waals surface area contributed by atoms with E-state index in [-0.39, 0.29) is 17.3 Å². The summed E-state index contributed by atoms with van der Waals surface area (Å²) < 4.78 is 33.3. The molecule has 28 heavy (non-hydrogen) atoms. The SMILES string of the molecule is COc1ccccc1N(CC(=O)N1CCC[C@@H](C)C1)S(=O)(=O)c1ccccc1. The van der Waals surface area contributed by atoms with Crippen LogP contribution in [0, 0.1) is 5.92 Å². The minimum Gasteiger partial charge on any atom is -0.495 e. The summed E-state index contributed by atoms with van der Waals surface area (Å²) in [5, 5.41) is 0. The molecule has 0 radical (unpaired) electrons. The average molecular weight is 403 g/mol. The van der Waals surface area contributed by atoms with E-state index in [0.717, 1.165) is 17.1 Å². The number of likely N-dealkylation sites (tertiary alicyclic amines) is 1. The fourth-order valence-electron chi connectivity index (χ4n) is 3.49. The van der Waals surface area contributed by atoms with E-state index in [0.29, 0.717) is 30.4 Å². The van der Waals surface area contributed by atoms with Crippen molar-refractivity contribution in [3.8, 4) is 5.75 Å². The fraction of sp³-hybridized carbons (Fsp3) is 0.381. The summed E-state index contributed by atoms with van der Waals surface area (Å²) in [5.41, 5.74) is 0.354. The van der Waals surface area contributed by atoms with Crippen molar-refractivity contribution in [3.63, 3.8) is 0 Å². The molecule has 1 aliphatic heterocycles. The Hall–Kier alpha value is -2.54. The van der Waals surface area contributed by atoms with Crippen LogP contribution in [0.15, 0.2) is 59.5 Å². The number of rotatable bonds is 6. The first kappa shape index (κ1) is 20.2. The van der Waals surface area contributed by atoms with Crippen LogP contribution in [-0.4, -0.2) is 46.0 Å². The number of ether oxygens (including phenoxy) is 1. The minimum absolute atomic E-state index is 0.140. The number of nitrogens with zero attached hydrogens (tertiary/aromatic N) is 2. The van der Waals surface area contributed by atoms with E-state index in [9.17, 15) is 13.2 Å². The number of anilines is 1. The van der Waals surface area contributed by atoms with Gasteiger partial charge in [0.25, 0.3) is 10.0 Å². The van der Waals surface area contributed by atoms with Crippen LogP contribution in [0.25, 0.3) is 0 Å². The molecule has 3 rings (SSSR count). The summed E-state index contributed by atoms with van der Waals surface area (Å²) in [6.07, 6.45) is 2.02. The molecule has 1 heterocycles. The molecule has 2 aromatic carbocycles. The largest absolute Gasteiger partial charge is 0.495 e. The van der Waals surface area contributed by atoms with Crippen molar-refractivity contribution in [1.29, 1.82) is 0 Å². The highest BCUT2D eigenvalue weighted by Crippen LogP contribution is 2.32. The maximum Gasteiger partial charge on any atom is 0.264 e. The summed E-state index contributed by atoms with van der Waals surface area (Å²) in [4.78, 5) is 14.9. The second-order valence-corrected chi connectivity index (χ2v) is 8.95. The molecule has 7 heteroatoms. The number of amides is 1. The molecule has 1 amide bonds. The molecular weight excluding hydrogens is 376 g/mol. The van der Waals surface area contributed by atoms with Gasteiger partial charge in [0.15, 0.2) is 0 Å². The summed E-state index contributed by atoms with van der Waals surface area (Å²) in [7, 11) is -2.44. The van der Waals surface area contributed by atoms with E-state index >= 15 is 0 Å². The Morgan fingerprint density at radius 1 is 1.14 bits per heavy atom. The molecule has 0 N–H and O–H groups in total. The van der Waals surface area contributed by atoms with Crippen LogP contribution >= 0.6 is 0 Å². The van der Waals surface area contributed by atoms with Gasteiger partial charge in [-0.2, -0.15) is 0 Å². The number of para-hydroxylation sites is 2. The zero-order valence-corrected chi connectivity index (χ0v) is 17.1. The maximum atomic E-state index is 13.4. The zero-order valence-electron chi connectivity index (χ0n) is 16.2. The van der Waals surface area contributed by atoms with Crippen LogP contribution in [0.1, 0.15) is 19.8 Å². The van der Waals surface area contributed by atoms with Gasteiger partial charge in [-0.25, -0.2) is 8.42 Å². The molecule has 1 fully saturated rings. The molecule has 0 unspecified atom stereocenters. The Morgan fingerprint density at radius 2 is 1.82 bits per heavy atom. The number of hydrogen-bond donors (Lipinski definition) is 0. The number of carbonyl (C=O) groups excluding carboxylic acids is 1. The highest BCUT2D eigenvalue weighted by Gasteiger charge is 2.31. The van der Waals surface area contributed by atoms with Crippen molar-refractivity contribution in [2.75, 3.05) is 31.0 Å². The molecule has 1 atom stereocenters. The van der Waals surface area contributed by atoms with Crippen LogP contribution in [0.4, 0.5) is 5.69 Å². The molecule has 1 saturated heterocycles. The number of hydrogen-bond acceptors (Lipinski definition) is 4. The van der Waals surface area contributed by atoms with Crippen LogP contribution in [0.3, 0.4) is 0 Å². The minimum atomic E-state index is -3.93. The number of carbonyl (C=O) groups is 1. The summed E-state index contributed by atoms with van der Waals surface area (Å²) >= 11 is 0. The third-order valence-corrected chi connectivity index (χ3v) is 6.75. The lowest BCUT2D eigenvalue weighted by atomic mass is 10.0. The lowest BCUT2D eigenvalue weighted by molar-refractivity contribution is -0.131. The van der Waals surface area contributed by atoms with Crippen molar-refractivity contribution >= 4 is 21.6 Å². The third-order valence-electron chi connectivity index (χ3n) is 4.97. The molecule has 1 aliphatic rings. The second-order valence-electron chi connectivity index (χ2n) is 7.08. The van der Waals surface area contributed by atoms with Gasteiger partial charge in [0.05, 0.1) is 17.7 Å². The normalized spacial score (nSPS) is 17.2. The number of piperidine rings is 1. The molecular formula is C21H26N2O4S. The fourth-order valence-corrected chi connectivity index (χ4v) is 4.94. The van der Waals surface area contributed by atoms with E-state index in [2.05, 4.69) is 6.92 Å². The Kier molecular flexibility index (Phi) is 6.24. The molecule has 0 bridgehead atoms. The molecule has 0 aromatic heterocycles. The van der Waals surface area contributed by atoms with E-state index < -0.39 is 10.0 Å². The van der Waals surface area contributed by atoms with Gasteiger partial charge in [0, 0.05) is 13.1 Å². The standard InChI is InChI=1S/C21H26N2O4S/c1-17-9-8-14-22(15-17)21(24)16-23(19-12-6-7-13-20(19)27-2)28(25,26)18-10-4-3-5-11-18/h3-7,10-13,17H,8-9,14-16H2,1-2H3/t17-/m1/s1.